The molecule has 1 saturated heterocycles. The fraction of sp³-hybridized carbons (Fsp3) is 0.350. The van der Waals surface area contributed by atoms with E-state index in [0.29, 0.717) is 13.2 Å². The number of aromatic nitrogens is 2. The van der Waals surface area contributed by atoms with Crippen LogP contribution >= 0.6 is 22.9 Å². The molecule has 7 heteroatoms. The van der Waals surface area contributed by atoms with Crippen molar-refractivity contribution in [3.8, 4) is 11.1 Å². The Morgan fingerprint density at radius 2 is 2.15 bits per heavy atom. The van der Waals surface area contributed by atoms with Crippen LogP contribution in [0.1, 0.15) is 19.8 Å². The van der Waals surface area contributed by atoms with Gasteiger partial charge in [-0.2, -0.15) is 4.98 Å². The van der Waals surface area contributed by atoms with Crippen molar-refractivity contribution in [3.05, 3.63) is 41.0 Å². The van der Waals surface area contributed by atoms with Crippen molar-refractivity contribution >= 4 is 44.9 Å². The van der Waals surface area contributed by atoms with Crippen LogP contribution in [0.15, 0.2) is 35.7 Å². The highest BCUT2D eigenvalue weighted by Crippen LogP contribution is 2.39. The predicted molar refractivity (Wildman–Crippen MR) is 109 cm³/mol. The first-order chi connectivity index (χ1) is 13.2. The first-order valence-corrected chi connectivity index (χ1v) is 10.3. The molecule has 3 heterocycles. The van der Waals surface area contributed by atoms with Crippen LogP contribution in [0.5, 0.6) is 0 Å². The fourth-order valence-electron chi connectivity index (χ4n) is 3.58. The van der Waals surface area contributed by atoms with E-state index in [2.05, 4.69) is 32.4 Å². The van der Waals surface area contributed by atoms with E-state index < -0.39 is 0 Å². The summed E-state index contributed by atoms with van der Waals surface area (Å²) in [5.74, 6) is 0.535. The second kappa shape index (κ2) is 7.82. The zero-order valence-corrected chi connectivity index (χ0v) is 16.6. The molecule has 1 atom stereocenters. The van der Waals surface area contributed by atoms with Crippen LogP contribution in [0, 0.1) is 5.92 Å². The lowest BCUT2D eigenvalue weighted by Crippen LogP contribution is -2.40. The number of carbonyl (C=O) groups is 1. The molecule has 0 radical (unpaired) electrons. The van der Waals surface area contributed by atoms with Crippen LogP contribution in [0.2, 0.25) is 5.28 Å². The zero-order chi connectivity index (χ0) is 18.8. The normalized spacial score (nSPS) is 17.3. The van der Waals surface area contributed by atoms with Crippen LogP contribution < -0.4 is 4.90 Å². The summed E-state index contributed by atoms with van der Waals surface area (Å²) < 4.78 is 5.23. The Hall–Kier alpha value is -2.18. The van der Waals surface area contributed by atoms with Gasteiger partial charge in [0, 0.05) is 24.0 Å². The number of benzene rings is 1. The Balaban J connectivity index is 1.77. The first-order valence-electron chi connectivity index (χ1n) is 9.09. The van der Waals surface area contributed by atoms with E-state index in [-0.39, 0.29) is 17.2 Å². The smallest absolute Gasteiger partial charge is 0.310 e. The molecule has 0 aliphatic carbocycles. The van der Waals surface area contributed by atoms with Gasteiger partial charge in [-0.15, -0.1) is 11.3 Å². The topological polar surface area (TPSA) is 55.3 Å². The Kier molecular flexibility index (Phi) is 5.27. The van der Waals surface area contributed by atoms with Crippen LogP contribution in [0.4, 0.5) is 5.82 Å². The molecule has 140 valence electrons. The van der Waals surface area contributed by atoms with Crippen LogP contribution in [0.3, 0.4) is 0 Å². The molecule has 0 amide bonds. The number of nitrogens with zero attached hydrogens (tertiary/aromatic N) is 3. The number of ether oxygens (including phenoxy) is 1. The number of anilines is 1. The van der Waals surface area contributed by atoms with E-state index in [0.717, 1.165) is 46.5 Å². The maximum absolute atomic E-state index is 12.2. The predicted octanol–water partition coefficient (Wildman–Crippen LogP) is 4.79. The van der Waals surface area contributed by atoms with Crippen molar-refractivity contribution in [2.24, 2.45) is 5.92 Å². The highest BCUT2D eigenvalue weighted by atomic mass is 35.5. The molecule has 1 aromatic carbocycles. The third-order valence-electron chi connectivity index (χ3n) is 4.81. The number of thiophene rings is 1. The van der Waals surface area contributed by atoms with Gasteiger partial charge < -0.3 is 9.64 Å². The summed E-state index contributed by atoms with van der Waals surface area (Å²) in [7, 11) is 0. The maximum atomic E-state index is 12.2. The molecular formula is C20H20ClN3O2S. The van der Waals surface area contributed by atoms with Crippen molar-refractivity contribution in [1.29, 1.82) is 0 Å². The number of esters is 1. The highest BCUT2D eigenvalue weighted by Gasteiger charge is 2.29. The molecule has 1 unspecified atom stereocenters. The van der Waals surface area contributed by atoms with E-state index in [9.17, 15) is 4.79 Å². The summed E-state index contributed by atoms with van der Waals surface area (Å²) in [6, 6.07) is 10.2. The van der Waals surface area contributed by atoms with Crippen molar-refractivity contribution in [2.75, 3.05) is 24.6 Å². The van der Waals surface area contributed by atoms with Gasteiger partial charge in [0.05, 0.1) is 17.9 Å². The first kappa shape index (κ1) is 18.2. The average molecular weight is 402 g/mol. The summed E-state index contributed by atoms with van der Waals surface area (Å²) in [6.45, 7) is 3.67. The fourth-order valence-corrected chi connectivity index (χ4v) is 4.74. The summed E-state index contributed by atoms with van der Waals surface area (Å²) in [4.78, 5) is 24.2. The van der Waals surface area contributed by atoms with Gasteiger partial charge in [-0.1, -0.05) is 30.3 Å². The minimum absolute atomic E-state index is 0.132. The minimum Gasteiger partial charge on any atom is -0.466 e. The molecule has 0 bridgehead atoms. The molecule has 1 aliphatic rings. The van der Waals surface area contributed by atoms with Crippen LogP contribution in [-0.2, 0) is 9.53 Å². The standard InChI is InChI=1S/C20H20ClN3O2S/c1-2-26-19(25)14-9-6-10-24(11-14)17-16-15(13-7-4-3-5-8-13)12-27-18(16)23-20(21)22-17/h3-5,7-8,12,14H,2,6,9-11H2,1H3. The molecular weight excluding hydrogens is 382 g/mol. The number of halogens is 1. The minimum atomic E-state index is -0.138. The van der Waals surface area contributed by atoms with E-state index in [1.54, 1.807) is 11.3 Å². The summed E-state index contributed by atoms with van der Waals surface area (Å²) in [6.07, 6.45) is 1.75. The molecule has 0 spiro atoms. The maximum Gasteiger partial charge on any atom is 0.310 e. The number of hydrogen-bond donors (Lipinski definition) is 0. The number of hydrogen-bond acceptors (Lipinski definition) is 6. The van der Waals surface area contributed by atoms with Crippen LogP contribution in [0.25, 0.3) is 21.3 Å². The van der Waals surface area contributed by atoms with Crippen molar-refractivity contribution in [1.82, 2.24) is 9.97 Å². The number of rotatable bonds is 4. The molecule has 1 fully saturated rings. The highest BCUT2D eigenvalue weighted by molar-refractivity contribution is 7.17. The second-order valence-corrected chi connectivity index (χ2v) is 7.75. The number of fused-ring (bicyclic) bond motifs is 1. The van der Waals surface area contributed by atoms with Crippen molar-refractivity contribution in [2.45, 2.75) is 19.8 Å². The summed E-state index contributed by atoms with van der Waals surface area (Å²) in [5, 5.41) is 3.33. The average Bonchev–Trinajstić information content (AvgIpc) is 3.12. The molecule has 1 aliphatic heterocycles. The Bertz CT molecular complexity index is 961. The largest absolute Gasteiger partial charge is 0.466 e. The zero-order valence-electron chi connectivity index (χ0n) is 15.0. The van der Waals surface area contributed by atoms with Crippen molar-refractivity contribution in [3.63, 3.8) is 0 Å². The van der Waals surface area contributed by atoms with Gasteiger partial charge >= 0.3 is 5.97 Å². The van der Waals surface area contributed by atoms with Gasteiger partial charge in [0.25, 0.3) is 0 Å². The molecule has 5 nitrogen and oxygen atoms in total. The lowest BCUT2D eigenvalue weighted by atomic mass is 9.97. The summed E-state index contributed by atoms with van der Waals surface area (Å²) in [5.41, 5.74) is 2.22. The monoisotopic (exact) mass is 401 g/mol. The molecule has 3 aromatic rings. The van der Waals surface area contributed by atoms with E-state index in [4.69, 9.17) is 16.3 Å². The van der Waals surface area contributed by atoms with Crippen LogP contribution in [-0.4, -0.2) is 35.6 Å². The Morgan fingerprint density at radius 3 is 2.93 bits per heavy atom. The van der Waals surface area contributed by atoms with E-state index in [1.807, 2.05) is 25.1 Å². The number of carbonyl (C=O) groups excluding carboxylic acids is 1. The molecule has 0 saturated carbocycles. The van der Waals surface area contributed by atoms with Gasteiger partial charge in [0.15, 0.2) is 0 Å². The summed E-state index contributed by atoms with van der Waals surface area (Å²) >= 11 is 7.78. The van der Waals surface area contributed by atoms with E-state index in [1.165, 1.54) is 0 Å². The van der Waals surface area contributed by atoms with Gasteiger partial charge in [0.2, 0.25) is 5.28 Å². The second-order valence-electron chi connectivity index (χ2n) is 6.55. The lowest BCUT2D eigenvalue weighted by Gasteiger charge is -2.33. The number of piperidine rings is 1. The molecule has 4 rings (SSSR count). The third kappa shape index (κ3) is 3.64. The Morgan fingerprint density at radius 1 is 1.33 bits per heavy atom. The molecule has 0 N–H and O–H groups in total. The van der Waals surface area contributed by atoms with Crippen molar-refractivity contribution < 1.29 is 9.53 Å². The lowest BCUT2D eigenvalue weighted by molar-refractivity contribution is -0.148. The van der Waals surface area contributed by atoms with E-state index >= 15 is 0 Å². The molecule has 2 aromatic heterocycles. The quantitative estimate of drug-likeness (QED) is 0.464. The SMILES string of the molecule is CCOC(=O)C1CCCN(c2nc(Cl)nc3scc(-c4ccccc4)c23)C1. The van der Waals surface area contributed by atoms with Gasteiger partial charge in [-0.25, -0.2) is 4.98 Å². The third-order valence-corrected chi connectivity index (χ3v) is 5.85. The molecule has 27 heavy (non-hydrogen) atoms. The Labute approximate surface area is 167 Å². The van der Waals surface area contributed by atoms with Gasteiger partial charge in [0.1, 0.15) is 10.6 Å². The van der Waals surface area contributed by atoms with Gasteiger partial charge in [-0.05, 0) is 36.9 Å². The van der Waals surface area contributed by atoms with Gasteiger partial charge in [-0.3, -0.25) is 4.79 Å².